The van der Waals surface area contributed by atoms with E-state index in [1.54, 1.807) is 30.3 Å². The molecule has 0 atom stereocenters. The Morgan fingerprint density at radius 2 is 1.66 bits per heavy atom. The number of carbonyl (C=O) groups is 1. The zero-order chi connectivity index (χ0) is 23.1. The second-order valence-corrected chi connectivity index (χ2v) is 8.23. The van der Waals surface area contributed by atoms with E-state index in [-0.39, 0.29) is 16.3 Å². The lowest BCUT2D eigenvalue weighted by atomic mass is 10.2. The number of anilines is 2. The number of amides is 1. The number of carbonyl (C=O) groups excluding carboxylic acids is 1. The van der Waals surface area contributed by atoms with Gasteiger partial charge < -0.3 is 14.8 Å². The van der Waals surface area contributed by atoms with Crippen molar-refractivity contribution in [2.75, 3.05) is 24.3 Å². The predicted octanol–water partition coefficient (Wildman–Crippen LogP) is 4.30. The summed E-state index contributed by atoms with van der Waals surface area (Å²) in [6.07, 6.45) is 2.67. The van der Waals surface area contributed by atoms with Crippen molar-refractivity contribution in [2.45, 2.75) is 4.90 Å². The topological polar surface area (TPSA) is 93.7 Å². The van der Waals surface area contributed by atoms with Crippen LogP contribution in [0.5, 0.6) is 11.5 Å². The summed E-state index contributed by atoms with van der Waals surface area (Å²) < 4.78 is 51.8. The molecule has 0 bridgehead atoms. The minimum atomic E-state index is -4.02. The molecule has 0 heterocycles. The molecule has 0 saturated carbocycles. The van der Waals surface area contributed by atoms with E-state index in [2.05, 4.69) is 10.0 Å². The highest BCUT2D eigenvalue weighted by molar-refractivity contribution is 7.92. The third-order valence-electron chi connectivity index (χ3n) is 4.34. The number of methoxy groups -OCH3 is 2. The SMILES string of the molecule is COc1ccc(NS(=O)(=O)c2cc(NC(=O)/C=C/c3cccc(F)c3)ccc2OC)cc1. The van der Waals surface area contributed by atoms with Gasteiger partial charge in [-0.1, -0.05) is 12.1 Å². The summed E-state index contributed by atoms with van der Waals surface area (Å²) in [4.78, 5) is 12.1. The molecule has 9 heteroatoms. The van der Waals surface area contributed by atoms with E-state index in [4.69, 9.17) is 9.47 Å². The van der Waals surface area contributed by atoms with Crippen LogP contribution in [-0.2, 0) is 14.8 Å². The van der Waals surface area contributed by atoms with E-state index in [1.807, 2.05) is 0 Å². The molecule has 3 aromatic rings. The molecule has 0 saturated heterocycles. The fourth-order valence-corrected chi connectivity index (χ4v) is 4.05. The van der Waals surface area contributed by atoms with Gasteiger partial charge in [-0.3, -0.25) is 9.52 Å². The van der Waals surface area contributed by atoms with Crippen LogP contribution in [0, 0.1) is 5.82 Å². The number of hydrogen-bond acceptors (Lipinski definition) is 5. The van der Waals surface area contributed by atoms with Crippen molar-refractivity contribution in [3.63, 3.8) is 0 Å². The molecule has 0 aromatic heterocycles. The molecule has 32 heavy (non-hydrogen) atoms. The largest absolute Gasteiger partial charge is 0.497 e. The van der Waals surface area contributed by atoms with Crippen LogP contribution in [-0.4, -0.2) is 28.5 Å². The number of sulfonamides is 1. The van der Waals surface area contributed by atoms with Crippen LogP contribution in [0.2, 0.25) is 0 Å². The van der Waals surface area contributed by atoms with Gasteiger partial charge in [0.25, 0.3) is 10.0 Å². The maximum absolute atomic E-state index is 13.2. The first-order chi connectivity index (χ1) is 15.3. The molecule has 0 aliphatic heterocycles. The molecule has 0 unspecified atom stereocenters. The van der Waals surface area contributed by atoms with E-state index in [1.165, 1.54) is 62.8 Å². The third kappa shape index (κ3) is 5.86. The van der Waals surface area contributed by atoms with E-state index >= 15 is 0 Å². The Morgan fingerprint density at radius 1 is 0.938 bits per heavy atom. The molecule has 3 rings (SSSR count). The number of rotatable bonds is 8. The predicted molar refractivity (Wildman–Crippen MR) is 121 cm³/mol. The van der Waals surface area contributed by atoms with Crippen molar-refractivity contribution in [3.05, 3.63) is 84.2 Å². The Balaban J connectivity index is 1.80. The summed E-state index contributed by atoms with van der Waals surface area (Å²) in [6.45, 7) is 0. The first-order valence-corrected chi connectivity index (χ1v) is 10.9. The second kappa shape index (κ2) is 9.97. The maximum atomic E-state index is 13.2. The van der Waals surface area contributed by atoms with Gasteiger partial charge in [0.2, 0.25) is 5.91 Å². The maximum Gasteiger partial charge on any atom is 0.265 e. The van der Waals surface area contributed by atoms with E-state index in [0.717, 1.165) is 0 Å². The third-order valence-corrected chi connectivity index (χ3v) is 5.74. The van der Waals surface area contributed by atoms with Gasteiger partial charge in [0.1, 0.15) is 22.2 Å². The lowest BCUT2D eigenvalue weighted by molar-refractivity contribution is -0.111. The van der Waals surface area contributed by atoms with Crippen molar-refractivity contribution < 1.29 is 27.1 Å². The lowest BCUT2D eigenvalue weighted by Gasteiger charge is -2.13. The highest BCUT2D eigenvalue weighted by Gasteiger charge is 2.21. The van der Waals surface area contributed by atoms with Gasteiger partial charge in [0, 0.05) is 17.5 Å². The van der Waals surface area contributed by atoms with Gasteiger partial charge in [0.05, 0.1) is 14.2 Å². The van der Waals surface area contributed by atoms with Crippen LogP contribution < -0.4 is 19.5 Å². The smallest absolute Gasteiger partial charge is 0.265 e. The zero-order valence-electron chi connectivity index (χ0n) is 17.3. The minimum absolute atomic E-state index is 0.110. The van der Waals surface area contributed by atoms with Gasteiger partial charge >= 0.3 is 0 Å². The van der Waals surface area contributed by atoms with Crippen molar-refractivity contribution >= 4 is 33.4 Å². The highest BCUT2D eigenvalue weighted by Crippen LogP contribution is 2.29. The molecule has 2 N–H and O–H groups in total. The number of nitrogens with one attached hydrogen (secondary N) is 2. The van der Waals surface area contributed by atoms with E-state index in [9.17, 15) is 17.6 Å². The molecular weight excluding hydrogens is 435 g/mol. The fourth-order valence-electron chi connectivity index (χ4n) is 2.80. The Bertz CT molecular complexity index is 1240. The normalized spacial score (nSPS) is 11.2. The average molecular weight is 456 g/mol. The summed E-state index contributed by atoms with van der Waals surface area (Å²) in [7, 11) is -1.16. The van der Waals surface area contributed by atoms with Crippen molar-refractivity contribution in [3.8, 4) is 11.5 Å². The average Bonchev–Trinajstić information content (AvgIpc) is 2.78. The van der Waals surface area contributed by atoms with Gasteiger partial charge in [0.15, 0.2) is 0 Å². The van der Waals surface area contributed by atoms with Crippen molar-refractivity contribution in [2.24, 2.45) is 0 Å². The van der Waals surface area contributed by atoms with Gasteiger partial charge in [-0.15, -0.1) is 0 Å². The molecule has 166 valence electrons. The minimum Gasteiger partial charge on any atom is -0.497 e. The molecule has 1 amide bonds. The van der Waals surface area contributed by atoms with Gasteiger partial charge in [-0.25, -0.2) is 12.8 Å². The second-order valence-electron chi connectivity index (χ2n) is 6.58. The summed E-state index contributed by atoms with van der Waals surface area (Å²) in [5, 5.41) is 2.59. The van der Waals surface area contributed by atoms with Crippen LogP contribution in [0.4, 0.5) is 15.8 Å². The summed E-state index contributed by atoms with van der Waals surface area (Å²) >= 11 is 0. The monoisotopic (exact) mass is 456 g/mol. The Hall–Kier alpha value is -3.85. The Morgan fingerprint density at radius 3 is 2.31 bits per heavy atom. The lowest BCUT2D eigenvalue weighted by Crippen LogP contribution is -2.15. The van der Waals surface area contributed by atoms with Crippen LogP contribution in [0.25, 0.3) is 6.08 Å². The summed E-state index contributed by atoms with van der Waals surface area (Å²) in [6, 6.07) is 16.4. The first kappa shape index (κ1) is 22.8. The van der Waals surface area contributed by atoms with Crippen molar-refractivity contribution in [1.82, 2.24) is 0 Å². The van der Waals surface area contributed by atoms with Crippen LogP contribution in [0.1, 0.15) is 5.56 Å². The number of ether oxygens (including phenoxy) is 2. The molecule has 0 aliphatic carbocycles. The van der Waals surface area contributed by atoms with E-state index < -0.39 is 21.7 Å². The van der Waals surface area contributed by atoms with Crippen LogP contribution >= 0.6 is 0 Å². The summed E-state index contributed by atoms with van der Waals surface area (Å²) in [5.74, 6) is -0.228. The van der Waals surface area contributed by atoms with Gasteiger partial charge in [-0.05, 0) is 66.2 Å². The highest BCUT2D eigenvalue weighted by atomic mass is 32.2. The Labute approximate surface area is 185 Å². The zero-order valence-corrected chi connectivity index (χ0v) is 18.1. The molecule has 0 fully saturated rings. The van der Waals surface area contributed by atoms with Crippen LogP contribution in [0.15, 0.2) is 77.7 Å². The van der Waals surface area contributed by atoms with Crippen molar-refractivity contribution in [1.29, 1.82) is 0 Å². The number of halogens is 1. The molecule has 0 radical (unpaired) electrons. The molecule has 3 aromatic carbocycles. The molecule has 0 spiro atoms. The van der Waals surface area contributed by atoms with Gasteiger partial charge in [-0.2, -0.15) is 0 Å². The molecular formula is C23H21FN2O5S. The summed E-state index contributed by atoms with van der Waals surface area (Å²) in [5.41, 5.74) is 1.09. The Kier molecular flexibility index (Phi) is 7.11. The fraction of sp³-hybridized carbons (Fsp3) is 0.0870. The molecule has 7 nitrogen and oxygen atoms in total. The first-order valence-electron chi connectivity index (χ1n) is 9.40. The number of benzene rings is 3. The number of hydrogen-bond donors (Lipinski definition) is 2. The molecule has 0 aliphatic rings. The van der Waals surface area contributed by atoms with E-state index in [0.29, 0.717) is 17.0 Å². The quantitative estimate of drug-likeness (QED) is 0.493. The van der Waals surface area contributed by atoms with Crippen LogP contribution in [0.3, 0.4) is 0 Å². The standard InChI is InChI=1S/C23H21FN2O5S/c1-30-20-10-7-18(8-11-20)26-32(28,29)22-15-19(9-12-21(22)31-2)25-23(27)13-6-16-4-3-5-17(24)14-16/h3-15,26H,1-2H3,(H,25,27)/b13-6+.